The van der Waals surface area contributed by atoms with E-state index in [0.29, 0.717) is 11.1 Å². The molecule has 1 fully saturated rings. The Hall–Kier alpha value is -2.28. The van der Waals surface area contributed by atoms with Crippen LogP contribution in [0.3, 0.4) is 0 Å². The summed E-state index contributed by atoms with van der Waals surface area (Å²) in [7, 11) is 0. The van der Waals surface area contributed by atoms with Gasteiger partial charge in [0, 0.05) is 18.2 Å². The van der Waals surface area contributed by atoms with Gasteiger partial charge in [0.05, 0.1) is 11.4 Å². The average molecular weight is 401 g/mol. The van der Waals surface area contributed by atoms with Gasteiger partial charge in [0.2, 0.25) is 5.91 Å². The molecule has 1 aromatic heterocycles. The van der Waals surface area contributed by atoms with Crippen LogP contribution in [-0.2, 0) is 11.2 Å². The molecule has 28 heavy (non-hydrogen) atoms. The lowest BCUT2D eigenvalue weighted by Crippen LogP contribution is -2.48. The molecule has 0 aliphatic heterocycles. The molecule has 7 heteroatoms. The highest BCUT2D eigenvalue weighted by Crippen LogP contribution is 2.23. The predicted octanol–water partition coefficient (Wildman–Crippen LogP) is 3.81. The lowest BCUT2D eigenvalue weighted by molar-refractivity contribution is -0.117. The number of rotatable bonds is 6. The quantitative estimate of drug-likeness (QED) is 0.644. The number of imidazole rings is 1. The zero-order valence-electron chi connectivity index (χ0n) is 16.5. The lowest BCUT2D eigenvalue weighted by Gasteiger charge is -2.29. The van der Waals surface area contributed by atoms with E-state index in [9.17, 15) is 9.59 Å². The number of carbonyl (C=O) groups is 2. The molecular weight excluding hydrogens is 372 g/mol. The van der Waals surface area contributed by atoms with E-state index in [1.807, 2.05) is 25.1 Å². The molecule has 1 saturated carbocycles. The highest BCUT2D eigenvalue weighted by atomic mass is 32.2. The van der Waals surface area contributed by atoms with Crippen LogP contribution in [0.15, 0.2) is 35.5 Å². The molecule has 1 aromatic carbocycles. The lowest BCUT2D eigenvalue weighted by atomic mass is 9.86. The van der Waals surface area contributed by atoms with Crippen molar-refractivity contribution in [3.05, 3.63) is 47.3 Å². The second kappa shape index (κ2) is 9.78. The number of thioether (sulfide) groups is 1. The van der Waals surface area contributed by atoms with E-state index < -0.39 is 6.03 Å². The first-order valence-electron chi connectivity index (χ1n) is 9.84. The SMILES string of the molecule is Cc1[nH]c(SCC(=O)NC(=O)N[C@@H]2CCCC[C@@H]2C)nc1Cc1ccccc1. The molecular formula is C21H28N4O2S. The summed E-state index contributed by atoms with van der Waals surface area (Å²) in [6.45, 7) is 4.13. The van der Waals surface area contributed by atoms with Crippen LogP contribution in [0.4, 0.5) is 4.79 Å². The van der Waals surface area contributed by atoms with E-state index in [0.717, 1.165) is 37.1 Å². The molecule has 0 saturated heterocycles. The standard InChI is InChI=1S/C21H28N4O2S/c1-14-8-6-7-11-17(14)23-20(27)25-19(26)13-28-21-22-15(2)18(24-21)12-16-9-4-3-5-10-16/h3-5,9-10,14,17H,6-8,11-13H2,1-2H3,(H,22,24)(H2,23,25,26,27)/t14-,17+/m0/s1. The van der Waals surface area contributed by atoms with Gasteiger partial charge in [-0.05, 0) is 31.2 Å². The third kappa shape index (κ3) is 5.86. The number of carbonyl (C=O) groups excluding carboxylic acids is 2. The molecule has 0 radical (unpaired) electrons. The Morgan fingerprint density at radius 3 is 2.71 bits per heavy atom. The minimum Gasteiger partial charge on any atom is -0.337 e. The Bertz CT molecular complexity index is 806. The fourth-order valence-electron chi connectivity index (χ4n) is 3.53. The molecule has 2 aromatic rings. The Morgan fingerprint density at radius 2 is 1.96 bits per heavy atom. The number of aromatic amines is 1. The molecule has 0 bridgehead atoms. The van der Waals surface area contributed by atoms with Crippen molar-refractivity contribution in [3.63, 3.8) is 0 Å². The molecule has 1 aliphatic carbocycles. The van der Waals surface area contributed by atoms with Crippen LogP contribution in [0.25, 0.3) is 0 Å². The summed E-state index contributed by atoms with van der Waals surface area (Å²) < 4.78 is 0. The van der Waals surface area contributed by atoms with E-state index >= 15 is 0 Å². The monoisotopic (exact) mass is 400 g/mol. The summed E-state index contributed by atoms with van der Waals surface area (Å²) >= 11 is 1.30. The smallest absolute Gasteiger partial charge is 0.321 e. The maximum Gasteiger partial charge on any atom is 0.321 e. The van der Waals surface area contributed by atoms with Gasteiger partial charge in [-0.3, -0.25) is 10.1 Å². The molecule has 3 N–H and O–H groups in total. The van der Waals surface area contributed by atoms with Crippen LogP contribution in [0.5, 0.6) is 0 Å². The molecule has 0 unspecified atom stereocenters. The zero-order valence-corrected chi connectivity index (χ0v) is 17.3. The van der Waals surface area contributed by atoms with Crippen LogP contribution in [0.2, 0.25) is 0 Å². The van der Waals surface area contributed by atoms with E-state index in [-0.39, 0.29) is 17.7 Å². The number of amides is 3. The summed E-state index contributed by atoms with van der Waals surface area (Å²) in [6.07, 6.45) is 5.19. The van der Waals surface area contributed by atoms with E-state index in [2.05, 4.69) is 39.7 Å². The molecule has 3 rings (SSSR count). The first-order chi connectivity index (χ1) is 13.5. The summed E-state index contributed by atoms with van der Waals surface area (Å²) in [5.74, 6) is 0.286. The van der Waals surface area contributed by atoms with Gasteiger partial charge >= 0.3 is 6.03 Å². The van der Waals surface area contributed by atoms with Gasteiger partial charge < -0.3 is 10.3 Å². The number of nitrogens with zero attached hydrogens (tertiary/aromatic N) is 1. The van der Waals surface area contributed by atoms with Crippen molar-refractivity contribution in [1.82, 2.24) is 20.6 Å². The van der Waals surface area contributed by atoms with Crippen molar-refractivity contribution in [2.75, 3.05) is 5.75 Å². The number of aryl methyl sites for hydroxylation is 1. The number of aromatic nitrogens is 2. The molecule has 1 heterocycles. The van der Waals surface area contributed by atoms with Gasteiger partial charge in [0.25, 0.3) is 0 Å². The molecule has 150 valence electrons. The Morgan fingerprint density at radius 1 is 1.21 bits per heavy atom. The Balaban J connectivity index is 1.45. The minimum atomic E-state index is -0.398. The van der Waals surface area contributed by atoms with Crippen LogP contribution >= 0.6 is 11.8 Å². The van der Waals surface area contributed by atoms with Gasteiger partial charge in [-0.15, -0.1) is 0 Å². The van der Waals surface area contributed by atoms with Crippen molar-refractivity contribution in [2.24, 2.45) is 5.92 Å². The number of nitrogens with one attached hydrogen (secondary N) is 3. The fourth-order valence-corrected chi connectivity index (χ4v) is 4.27. The van der Waals surface area contributed by atoms with Crippen LogP contribution in [0, 0.1) is 12.8 Å². The Labute approximate surface area is 170 Å². The largest absolute Gasteiger partial charge is 0.337 e. The fraction of sp³-hybridized carbons (Fsp3) is 0.476. The summed E-state index contributed by atoms with van der Waals surface area (Å²) in [4.78, 5) is 32.0. The summed E-state index contributed by atoms with van der Waals surface area (Å²) in [5, 5.41) is 6.06. The maximum absolute atomic E-state index is 12.1. The molecule has 3 amide bonds. The van der Waals surface area contributed by atoms with Gasteiger partial charge in [-0.2, -0.15) is 0 Å². The average Bonchev–Trinajstić information content (AvgIpc) is 3.02. The van der Waals surface area contributed by atoms with Crippen LogP contribution < -0.4 is 10.6 Å². The van der Waals surface area contributed by atoms with Gasteiger partial charge in [-0.25, -0.2) is 9.78 Å². The van der Waals surface area contributed by atoms with Crippen molar-refractivity contribution in [1.29, 1.82) is 0 Å². The normalized spacial score (nSPS) is 19.2. The third-order valence-corrected chi connectivity index (χ3v) is 6.07. The van der Waals surface area contributed by atoms with E-state index in [4.69, 9.17) is 0 Å². The topological polar surface area (TPSA) is 86.9 Å². The number of H-pyrrole nitrogens is 1. The second-order valence-corrected chi connectivity index (χ2v) is 8.42. The van der Waals surface area contributed by atoms with Gasteiger partial charge in [0.1, 0.15) is 0 Å². The van der Waals surface area contributed by atoms with E-state index in [1.54, 1.807) is 0 Å². The second-order valence-electron chi connectivity index (χ2n) is 7.45. The zero-order chi connectivity index (χ0) is 19.9. The van der Waals surface area contributed by atoms with Gasteiger partial charge in [-0.1, -0.05) is 61.9 Å². The molecule has 2 atom stereocenters. The number of hydrogen-bond acceptors (Lipinski definition) is 4. The number of benzene rings is 1. The highest BCUT2D eigenvalue weighted by molar-refractivity contribution is 7.99. The number of imide groups is 1. The molecule has 0 spiro atoms. The molecule has 6 nitrogen and oxygen atoms in total. The van der Waals surface area contributed by atoms with Crippen LogP contribution in [-0.4, -0.2) is 33.7 Å². The summed E-state index contributed by atoms with van der Waals surface area (Å²) in [5.41, 5.74) is 3.16. The number of hydrogen-bond donors (Lipinski definition) is 3. The van der Waals surface area contributed by atoms with Crippen molar-refractivity contribution < 1.29 is 9.59 Å². The maximum atomic E-state index is 12.1. The van der Waals surface area contributed by atoms with Gasteiger partial charge in [0.15, 0.2) is 5.16 Å². The van der Waals surface area contributed by atoms with Crippen molar-refractivity contribution in [3.8, 4) is 0 Å². The number of urea groups is 1. The Kier molecular flexibility index (Phi) is 7.14. The third-order valence-electron chi connectivity index (χ3n) is 5.20. The first-order valence-corrected chi connectivity index (χ1v) is 10.8. The summed E-state index contributed by atoms with van der Waals surface area (Å²) in [6, 6.07) is 9.91. The predicted molar refractivity (Wildman–Crippen MR) is 111 cm³/mol. The minimum absolute atomic E-state index is 0.144. The first kappa shape index (κ1) is 20.5. The van der Waals surface area contributed by atoms with Crippen molar-refractivity contribution in [2.45, 2.75) is 57.1 Å². The highest BCUT2D eigenvalue weighted by Gasteiger charge is 2.23. The van der Waals surface area contributed by atoms with E-state index in [1.165, 1.54) is 23.7 Å². The van der Waals surface area contributed by atoms with Crippen molar-refractivity contribution >= 4 is 23.7 Å². The molecule has 1 aliphatic rings. The van der Waals surface area contributed by atoms with Crippen LogP contribution in [0.1, 0.15) is 49.6 Å².